The van der Waals surface area contributed by atoms with Crippen LogP contribution in [0.25, 0.3) is 0 Å². The first kappa shape index (κ1) is 10.9. The molecule has 0 spiro atoms. The van der Waals surface area contributed by atoms with Crippen molar-refractivity contribution < 1.29 is 9.72 Å². The summed E-state index contributed by atoms with van der Waals surface area (Å²) in [5.41, 5.74) is 0.257. The van der Waals surface area contributed by atoms with Crippen LogP contribution in [0.3, 0.4) is 0 Å². The van der Waals surface area contributed by atoms with E-state index in [0.29, 0.717) is 5.56 Å². The maximum Gasteiger partial charge on any atom is 0.271 e. The van der Waals surface area contributed by atoms with Gasteiger partial charge in [0.15, 0.2) is 0 Å². The SMILES string of the molecule is Cc1c(Cl)cc([N+](=O)[O-])cc1C(=O)Cl. The number of hydrogen-bond donors (Lipinski definition) is 0. The first-order valence-corrected chi connectivity index (χ1v) is 4.33. The van der Waals surface area contributed by atoms with E-state index in [1.165, 1.54) is 6.07 Å². The van der Waals surface area contributed by atoms with Crippen LogP contribution in [0.1, 0.15) is 15.9 Å². The van der Waals surface area contributed by atoms with Gasteiger partial charge in [-0.25, -0.2) is 0 Å². The molecule has 1 aromatic rings. The van der Waals surface area contributed by atoms with Gasteiger partial charge < -0.3 is 0 Å². The molecule has 0 bridgehead atoms. The molecule has 14 heavy (non-hydrogen) atoms. The Kier molecular flexibility index (Phi) is 3.08. The van der Waals surface area contributed by atoms with E-state index < -0.39 is 10.2 Å². The van der Waals surface area contributed by atoms with Crippen LogP contribution in [0, 0.1) is 17.0 Å². The Morgan fingerprint density at radius 1 is 1.50 bits per heavy atom. The van der Waals surface area contributed by atoms with E-state index >= 15 is 0 Å². The van der Waals surface area contributed by atoms with Gasteiger partial charge in [0.25, 0.3) is 10.9 Å². The number of carbonyl (C=O) groups is 1. The minimum atomic E-state index is -0.756. The first-order valence-electron chi connectivity index (χ1n) is 3.58. The second-order valence-electron chi connectivity index (χ2n) is 2.63. The van der Waals surface area contributed by atoms with Crippen molar-refractivity contribution in [1.29, 1.82) is 0 Å². The number of carbonyl (C=O) groups excluding carboxylic acids is 1. The van der Waals surface area contributed by atoms with E-state index in [-0.39, 0.29) is 16.3 Å². The van der Waals surface area contributed by atoms with E-state index in [9.17, 15) is 14.9 Å². The van der Waals surface area contributed by atoms with Crippen LogP contribution < -0.4 is 0 Å². The molecule has 0 aliphatic rings. The molecule has 0 N–H and O–H groups in total. The predicted molar refractivity (Wildman–Crippen MR) is 53.0 cm³/mol. The van der Waals surface area contributed by atoms with E-state index in [4.69, 9.17) is 23.2 Å². The summed E-state index contributed by atoms with van der Waals surface area (Å²) >= 11 is 10.9. The lowest BCUT2D eigenvalue weighted by atomic mass is 10.1. The minimum Gasteiger partial charge on any atom is -0.276 e. The van der Waals surface area contributed by atoms with Crippen LogP contribution in [-0.4, -0.2) is 10.2 Å². The molecule has 0 radical (unpaired) electrons. The zero-order chi connectivity index (χ0) is 10.9. The van der Waals surface area contributed by atoms with E-state index in [1.54, 1.807) is 6.92 Å². The Morgan fingerprint density at radius 3 is 2.50 bits per heavy atom. The van der Waals surface area contributed by atoms with Crippen LogP contribution in [0.4, 0.5) is 5.69 Å². The Hall–Kier alpha value is -1.13. The fraction of sp³-hybridized carbons (Fsp3) is 0.125. The fourth-order valence-corrected chi connectivity index (χ4v) is 1.38. The lowest BCUT2D eigenvalue weighted by Gasteiger charge is -2.02. The zero-order valence-corrected chi connectivity index (χ0v) is 8.59. The molecule has 0 atom stereocenters. The highest BCUT2D eigenvalue weighted by atomic mass is 35.5. The maximum absolute atomic E-state index is 10.9. The van der Waals surface area contributed by atoms with Gasteiger partial charge in [0, 0.05) is 17.7 Å². The quantitative estimate of drug-likeness (QED) is 0.449. The molecule has 0 amide bonds. The second-order valence-corrected chi connectivity index (χ2v) is 3.38. The third kappa shape index (κ3) is 2.02. The van der Waals surface area contributed by atoms with Crippen molar-refractivity contribution in [2.24, 2.45) is 0 Å². The lowest BCUT2D eigenvalue weighted by Crippen LogP contribution is -1.97. The molecule has 0 saturated heterocycles. The number of rotatable bonds is 2. The molecule has 0 aromatic heterocycles. The third-order valence-corrected chi connectivity index (χ3v) is 2.35. The van der Waals surface area contributed by atoms with Crippen molar-refractivity contribution in [3.8, 4) is 0 Å². The fourth-order valence-electron chi connectivity index (χ4n) is 0.974. The van der Waals surface area contributed by atoms with Crippen molar-refractivity contribution in [2.75, 3.05) is 0 Å². The highest BCUT2D eigenvalue weighted by Gasteiger charge is 2.16. The average Bonchev–Trinajstić information content (AvgIpc) is 2.08. The Bertz CT molecular complexity index is 417. The van der Waals surface area contributed by atoms with Gasteiger partial charge in [-0.05, 0) is 24.1 Å². The standard InChI is InChI=1S/C8H5Cl2NO3/c1-4-6(8(10)12)2-5(11(13)14)3-7(4)9/h2-3H,1H3. The number of nitro benzene ring substituents is 1. The average molecular weight is 234 g/mol. The van der Waals surface area contributed by atoms with Gasteiger partial charge in [0.1, 0.15) is 0 Å². The van der Waals surface area contributed by atoms with Gasteiger partial charge in [-0.1, -0.05) is 11.6 Å². The van der Waals surface area contributed by atoms with Crippen molar-refractivity contribution in [3.63, 3.8) is 0 Å². The highest BCUT2D eigenvalue weighted by Crippen LogP contribution is 2.26. The van der Waals surface area contributed by atoms with Gasteiger partial charge >= 0.3 is 0 Å². The summed E-state index contributed by atoms with van der Waals surface area (Å²) in [4.78, 5) is 20.7. The summed E-state index contributed by atoms with van der Waals surface area (Å²) in [5, 5.41) is 9.83. The topological polar surface area (TPSA) is 60.2 Å². The molecule has 1 aromatic carbocycles. The molecule has 6 heteroatoms. The molecule has 1 rings (SSSR count). The first-order chi connectivity index (χ1) is 6.43. The summed E-state index contributed by atoms with van der Waals surface area (Å²) < 4.78 is 0. The van der Waals surface area contributed by atoms with Gasteiger partial charge in [-0.2, -0.15) is 0 Å². The molecule has 0 fully saturated rings. The second kappa shape index (κ2) is 3.94. The third-order valence-electron chi connectivity index (χ3n) is 1.75. The lowest BCUT2D eigenvalue weighted by molar-refractivity contribution is -0.384. The van der Waals surface area contributed by atoms with Crippen LogP contribution in [0.2, 0.25) is 5.02 Å². The van der Waals surface area contributed by atoms with Gasteiger partial charge in [-0.3, -0.25) is 14.9 Å². The summed E-state index contributed by atoms with van der Waals surface area (Å²) in [6.45, 7) is 1.57. The summed E-state index contributed by atoms with van der Waals surface area (Å²) in [6.07, 6.45) is 0. The van der Waals surface area contributed by atoms with Crippen LogP contribution in [0.5, 0.6) is 0 Å². The number of benzene rings is 1. The van der Waals surface area contributed by atoms with Crippen molar-refractivity contribution in [2.45, 2.75) is 6.92 Å². The monoisotopic (exact) mass is 233 g/mol. The molecule has 0 saturated carbocycles. The molecule has 0 heterocycles. The van der Waals surface area contributed by atoms with Gasteiger partial charge in [0.05, 0.1) is 9.95 Å². The van der Waals surface area contributed by atoms with Crippen molar-refractivity contribution in [1.82, 2.24) is 0 Å². The number of nitrogens with zero attached hydrogens (tertiary/aromatic N) is 1. The van der Waals surface area contributed by atoms with Crippen LogP contribution >= 0.6 is 23.2 Å². The highest BCUT2D eigenvalue weighted by molar-refractivity contribution is 6.68. The molecule has 0 aliphatic carbocycles. The summed E-state index contributed by atoms with van der Waals surface area (Å²) in [7, 11) is 0. The molecule has 0 aliphatic heterocycles. The van der Waals surface area contributed by atoms with Gasteiger partial charge in [-0.15, -0.1) is 0 Å². The van der Waals surface area contributed by atoms with Crippen molar-refractivity contribution >= 4 is 34.1 Å². The van der Waals surface area contributed by atoms with E-state index in [2.05, 4.69) is 0 Å². The van der Waals surface area contributed by atoms with Crippen LogP contribution in [-0.2, 0) is 0 Å². The normalized spacial score (nSPS) is 9.93. The minimum absolute atomic E-state index is 0.0610. The van der Waals surface area contributed by atoms with Gasteiger partial charge in [0.2, 0.25) is 0 Å². The number of halogens is 2. The van der Waals surface area contributed by atoms with Crippen LogP contribution in [0.15, 0.2) is 12.1 Å². The Labute approximate surface area is 89.6 Å². The molecular formula is C8H5Cl2NO3. The number of non-ortho nitro benzene ring substituents is 1. The van der Waals surface area contributed by atoms with E-state index in [0.717, 1.165) is 6.07 Å². The molecule has 74 valence electrons. The summed E-state index contributed by atoms with van der Waals surface area (Å²) in [6, 6.07) is 2.29. The van der Waals surface area contributed by atoms with Crippen molar-refractivity contribution in [3.05, 3.63) is 38.4 Å². The molecule has 0 unspecified atom stereocenters. The summed E-state index contributed by atoms with van der Waals surface area (Å²) in [5.74, 6) is 0. The van der Waals surface area contributed by atoms with E-state index in [1.807, 2.05) is 0 Å². The molecule has 4 nitrogen and oxygen atoms in total. The largest absolute Gasteiger partial charge is 0.276 e. The molecular weight excluding hydrogens is 229 g/mol. The smallest absolute Gasteiger partial charge is 0.271 e. The maximum atomic E-state index is 10.9. The Balaban J connectivity index is 3.43. The Morgan fingerprint density at radius 2 is 2.07 bits per heavy atom. The predicted octanol–water partition coefficient (Wildman–Crippen LogP) is 2.94. The number of nitro groups is 1. The zero-order valence-electron chi connectivity index (χ0n) is 7.08. The number of hydrogen-bond acceptors (Lipinski definition) is 3.